The second-order valence-corrected chi connectivity index (χ2v) is 12.7. The number of rotatable bonds is 5. The molecule has 8 rings (SSSR count). The number of phenolic OH excluding ortho intramolecular Hbond substituents is 2. The van der Waals surface area contributed by atoms with E-state index in [1.807, 2.05) is 4.90 Å². The molecule has 2 bridgehead atoms. The van der Waals surface area contributed by atoms with Crippen molar-refractivity contribution < 1.29 is 42.4 Å². The number of alkyl halides is 1. The van der Waals surface area contributed by atoms with Gasteiger partial charge in [0.2, 0.25) is 0 Å². The van der Waals surface area contributed by atoms with Crippen LogP contribution in [-0.2, 0) is 4.79 Å². The zero-order valence-corrected chi connectivity index (χ0v) is 26.5. The van der Waals surface area contributed by atoms with Crippen molar-refractivity contribution in [3.8, 4) is 28.6 Å². The first kappa shape index (κ1) is 33.7. The van der Waals surface area contributed by atoms with Crippen molar-refractivity contribution in [1.82, 2.24) is 20.2 Å². The molecule has 15 heteroatoms. The number of aromatic hydroxyl groups is 2. The maximum Gasteiger partial charge on any atom is 0.319 e. The molecule has 0 aliphatic carbocycles. The number of phenols is 2. The fourth-order valence-electron chi connectivity index (χ4n) is 7.96. The van der Waals surface area contributed by atoms with Gasteiger partial charge in [0.05, 0.1) is 16.5 Å². The predicted molar refractivity (Wildman–Crippen MR) is 172 cm³/mol. The fourth-order valence-corrected chi connectivity index (χ4v) is 7.96. The third kappa shape index (κ3) is 5.69. The van der Waals surface area contributed by atoms with Gasteiger partial charge < -0.3 is 30.3 Å². The predicted octanol–water partition coefficient (Wildman–Crippen LogP) is 5.30. The molecule has 0 radical (unpaired) electrons. The number of nitrogens with one attached hydrogen (secondary N) is 1. The maximum atomic E-state index is 16.7. The summed E-state index contributed by atoms with van der Waals surface area (Å²) in [5.74, 6) is -4.27. The summed E-state index contributed by atoms with van der Waals surface area (Å²) in [6.45, 7) is 1.88. The van der Waals surface area contributed by atoms with Gasteiger partial charge in [-0.05, 0) is 55.8 Å². The number of nitrogens with zero attached hydrogens (tertiary/aromatic N) is 4. The number of ether oxygens (including phenoxy) is 1. The molecule has 0 amide bonds. The summed E-state index contributed by atoms with van der Waals surface area (Å²) in [5.41, 5.74) is -1.82. The number of aromatic nitrogens is 2. The van der Waals surface area contributed by atoms with Crippen molar-refractivity contribution in [2.45, 2.75) is 55.9 Å². The van der Waals surface area contributed by atoms with Gasteiger partial charge in [-0.1, -0.05) is 12.1 Å². The molecule has 4 aliphatic rings. The summed E-state index contributed by atoms with van der Waals surface area (Å²) in [6.07, 6.45) is 2.84. The molecule has 4 saturated heterocycles. The highest BCUT2D eigenvalue weighted by molar-refractivity contribution is 6.04. The summed E-state index contributed by atoms with van der Waals surface area (Å²) in [6, 6.07) is 6.59. The lowest BCUT2D eigenvalue weighted by Gasteiger charge is -2.35. The SMILES string of the molecule is Cl.O=CO.Oc1cc(-c2c(O)c(F)c3c(N4C[C@H]5CC[C@@H](C4)N5)nc(OC[C@@]45CCCN4C[C@H](F)C5)nc3c2F)c2c(F)cccc2c1. The number of hydrogen-bond acceptors (Lipinski definition) is 9. The van der Waals surface area contributed by atoms with Crippen molar-refractivity contribution >= 4 is 46.4 Å². The van der Waals surface area contributed by atoms with E-state index in [2.05, 4.69) is 20.2 Å². The van der Waals surface area contributed by atoms with E-state index < -0.39 is 46.0 Å². The van der Waals surface area contributed by atoms with Crippen LogP contribution in [0.5, 0.6) is 17.5 Å². The molecular formula is C33H34ClF4N5O5. The van der Waals surface area contributed by atoms with Crippen LogP contribution in [0.15, 0.2) is 30.3 Å². The molecule has 4 fully saturated rings. The molecule has 0 unspecified atom stereocenters. The first-order chi connectivity index (χ1) is 22.6. The summed E-state index contributed by atoms with van der Waals surface area (Å²) in [7, 11) is 0. The summed E-state index contributed by atoms with van der Waals surface area (Å²) in [5, 5.41) is 31.8. The largest absolute Gasteiger partial charge is 0.508 e. The Balaban J connectivity index is 0.000000969. The van der Waals surface area contributed by atoms with E-state index in [-0.39, 0.29) is 76.9 Å². The summed E-state index contributed by atoms with van der Waals surface area (Å²) in [4.78, 5) is 21.2. The Labute approximate surface area is 278 Å². The lowest BCUT2D eigenvalue weighted by atomic mass is 9.94. The highest BCUT2D eigenvalue weighted by atomic mass is 35.5. The van der Waals surface area contributed by atoms with Crippen LogP contribution >= 0.6 is 12.4 Å². The summed E-state index contributed by atoms with van der Waals surface area (Å²) < 4.78 is 68.7. The van der Waals surface area contributed by atoms with Gasteiger partial charge in [0, 0.05) is 49.1 Å². The van der Waals surface area contributed by atoms with E-state index in [4.69, 9.17) is 14.6 Å². The fraction of sp³-hybridized carbons (Fsp3) is 0.424. The highest BCUT2D eigenvalue weighted by Gasteiger charge is 2.49. The second kappa shape index (κ2) is 13.1. The average molecular weight is 692 g/mol. The number of piperazine rings is 1. The number of halogens is 5. The number of hydrogen-bond donors (Lipinski definition) is 4. The van der Waals surface area contributed by atoms with Gasteiger partial charge >= 0.3 is 6.01 Å². The molecule has 10 nitrogen and oxygen atoms in total. The maximum absolute atomic E-state index is 16.7. The van der Waals surface area contributed by atoms with Gasteiger partial charge in [0.15, 0.2) is 17.4 Å². The minimum Gasteiger partial charge on any atom is -0.508 e. The second-order valence-electron chi connectivity index (χ2n) is 12.7. The van der Waals surface area contributed by atoms with Crippen molar-refractivity contribution in [3.05, 3.63) is 47.8 Å². The van der Waals surface area contributed by atoms with Crippen LogP contribution in [-0.4, -0.2) is 93.2 Å². The van der Waals surface area contributed by atoms with Gasteiger partial charge in [-0.3, -0.25) is 9.69 Å². The van der Waals surface area contributed by atoms with E-state index in [9.17, 15) is 14.6 Å². The molecule has 256 valence electrons. The first-order valence-corrected chi connectivity index (χ1v) is 15.6. The van der Waals surface area contributed by atoms with E-state index in [1.165, 1.54) is 18.2 Å². The number of fused-ring (bicyclic) bond motifs is 5. The molecule has 4 N–H and O–H groups in total. The van der Waals surface area contributed by atoms with Crippen molar-refractivity contribution in [1.29, 1.82) is 0 Å². The van der Waals surface area contributed by atoms with Gasteiger partial charge in [-0.2, -0.15) is 9.97 Å². The van der Waals surface area contributed by atoms with E-state index in [0.29, 0.717) is 26.1 Å². The highest BCUT2D eigenvalue weighted by Crippen LogP contribution is 2.46. The van der Waals surface area contributed by atoms with E-state index >= 15 is 13.2 Å². The molecule has 4 atom stereocenters. The quantitative estimate of drug-likeness (QED) is 0.162. The molecule has 4 aromatic rings. The minimum atomic E-state index is -1.16. The van der Waals surface area contributed by atoms with Gasteiger partial charge in [0.1, 0.15) is 35.7 Å². The van der Waals surface area contributed by atoms with Crippen LogP contribution in [0, 0.1) is 17.5 Å². The third-order valence-electron chi connectivity index (χ3n) is 9.89. The Hall–Kier alpha value is -4.14. The van der Waals surface area contributed by atoms with E-state index in [1.54, 1.807) is 0 Å². The molecule has 48 heavy (non-hydrogen) atoms. The van der Waals surface area contributed by atoms with Crippen molar-refractivity contribution in [2.24, 2.45) is 0 Å². The first-order valence-electron chi connectivity index (χ1n) is 15.6. The van der Waals surface area contributed by atoms with Crippen LogP contribution in [0.4, 0.5) is 23.4 Å². The third-order valence-corrected chi connectivity index (χ3v) is 9.89. The topological polar surface area (TPSA) is 131 Å². The number of benzene rings is 3. The average Bonchev–Trinajstić information content (AvgIpc) is 3.69. The van der Waals surface area contributed by atoms with Crippen LogP contribution in [0.1, 0.15) is 32.1 Å². The Kier molecular flexibility index (Phi) is 9.18. The van der Waals surface area contributed by atoms with Crippen LogP contribution < -0.4 is 15.0 Å². The van der Waals surface area contributed by atoms with Gasteiger partial charge in [-0.15, -0.1) is 12.4 Å². The normalized spacial score (nSPS) is 24.7. The van der Waals surface area contributed by atoms with Crippen LogP contribution in [0.25, 0.3) is 32.8 Å². The molecule has 5 heterocycles. The number of anilines is 1. The zero-order chi connectivity index (χ0) is 33.0. The minimum absolute atomic E-state index is 0. The molecule has 1 aromatic heterocycles. The standard InChI is InChI=1S/C32H31F4N5O3.CH2O2.ClH/c33-17-11-32(7-2-8-41(32)12-17)15-44-31-38-28-25(30(39-31)40-13-18-5-6-19(14-40)37-18)27(36)29(43)24(26(28)35)21-10-20(42)9-16-3-1-4-22(34)23(16)21;2-1-3;/h1,3-4,9-10,17-19,37,42-43H,2,5-8,11-15H2;1H,(H,2,3);1H/t17-,18-,19+,32+;;/m1../s1. The Morgan fingerprint density at radius 1 is 1.04 bits per heavy atom. The molecule has 0 saturated carbocycles. The van der Waals surface area contributed by atoms with Crippen LogP contribution in [0.3, 0.4) is 0 Å². The number of carbonyl (C=O) groups is 1. The monoisotopic (exact) mass is 691 g/mol. The van der Waals surface area contributed by atoms with Crippen LogP contribution in [0.2, 0.25) is 0 Å². The van der Waals surface area contributed by atoms with Gasteiger partial charge in [0.25, 0.3) is 6.47 Å². The van der Waals surface area contributed by atoms with Crippen molar-refractivity contribution in [2.75, 3.05) is 37.7 Å². The smallest absolute Gasteiger partial charge is 0.319 e. The Morgan fingerprint density at radius 2 is 1.77 bits per heavy atom. The molecular weight excluding hydrogens is 658 g/mol. The Bertz CT molecular complexity index is 1880. The molecule has 0 spiro atoms. The van der Waals surface area contributed by atoms with Gasteiger partial charge in [-0.25, -0.2) is 17.6 Å². The number of carboxylic acid groups (broad SMARTS) is 1. The zero-order valence-electron chi connectivity index (χ0n) is 25.6. The summed E-state index contributed by atoms with van der Waals surface area (Å²) >= 11 is 0. The molecule has 3 aromatic carbocycles. The Morgan fingerprint density at radius 3 is 2.50 bits per heavy atom. The van der Waals surface area contributed by atoms with Crippen molar-refractivity contribution in [3.63, 3.8) is 0 Å². The lowest BCUT2D eigenvalue weighted by molar-refractivity contribution is -0.122. The van der Waals surface area contributed by atoms with E-state index in [0.717, 1.165) is 44.4 Å². The molecule has 4 aliphatic heterocycles. The lowest BCUT2D eigenvalue weighted by Crippen LogP contribution is -2.51.